The Morgan fingerprint density at radius 1 is 1.11 bits per heavy atom. The lowest BCUT2D eigenvalue weighted by Gasteiger charge is -2.24. The Morgan fingerprint density at radius 2 is 1.81 bits per heavy atom. The van der Waals surface area contributed by atoms with E-state index in [2.05, 4.69) is 27.7 Å². The quantitative estimate of drug-likeness (QED) is 0.456. The number of hydrogen-bond donors (Lipinski definition) is 1. The van der Waals surface area contributed by atoms with Crippen LogP contribution >= 0.6 is 0 Å². The van der Waals surface area contributed by atoms with Crippen molar-refractivity contribution in [3.63, 3.8) is 0 Å². The summed E-state index contributed by atoms with van der Waals surface area (Å²) in [6.07, 6.45) is 5.07. The lowest BCUT2D eigenvalue weighted by molar-refractivity contribution is -0.145. The minimum absolute atomic E-state index is 0.155. The molecule has 1 aromatic carbocycles. The highest BCUT2D eigenvalue weighted by Crippen LogP contribution is 2.35. The Bertz CT molecular complexity index is 619. The largest absolute Gasteiger partial charge is 0.482 e. The molecule has 0 saturated carbocycles. The van der Waals surface area contributed by atoms with E-state index < -0.39 is 5.97 Å². The molecule has 152 valence electrons. The minimum Gasteiger partial charge on any atom is -0.482 e. The second kappa shape index (κ2) is 11.0. The van der Waals surface area contributed by atoms with Gasteiger partial charge in [0.15, 0.2) is 6.61 Å². The van der Waals surface area contributed by atoms with Crippen molar-refractivity contribution in [1.82, 2.24) is 0 Å². The Kier molecular flexibility index (Phi) is 9.33. The third-order valence-electron chi connectivity index (χ3n) is 4.56. The predicted molar refractivity (Wildman–Crippen MR) is 108 cm³/mol. The molecule has 5 nitrogen and oxygen atoms in total. The van der Waals surface area contributed by atoms with Crippen molar-refractivity contribution in [2.45, 2.75) is 78.1 Å². The molecule has 1 rings (SSSR count). The maximum atomic E-state index is 12.0. The van der Waals surface area contributed by atoms with Crippen LogP contribution in [0.4, 0.5) is 0 Å². The molecule has 0 aliphatic carbocycles. The molecule has 2 N–H and O–H groups in total. The molecule has 1 amide bonds. The smallest absolute Gasteiger partial charge is 0.344 e. The first-order valence-electron chi connectivity index (χ1n) is 9.92. The van der Waals surface area contributed by atoms with Gasteiger partial charge in [-0.05, 0) is 36.0 Å². The minimum atomic E-state index is -0.409. The van der Waals surface area contributed by atoms with E-state index in [-0.39, 0.29) is 23.8 Å². The summed E-state index contributed by atoms with van der Waals surface area (Å²) in [5.74, 6) is -0.478. The summed E-state index contributed by atoms with van der Waals surface area (Å²) in [5.41, 5.74) is 7.32. The third-order valence-corrected chi connectivity index (χ3v) is 4.56. The molecule has 0 bridgehead atoms. The molecule has 1 unspecified atom stereocenters. The summed E-state index contributed by atoms with van der Waals surface area (Å²) >= 11 is 0. The van der Waals surface area contributed by atoms with E-state index in [1.807, 2.05) is 18.2 Å². The van der Waals surface area contributed by atoms with Gasteiger partial charge in [0.05, 0.1) is 12.5 Å². The molecule has 0 radical (unpaired) electrons. The van der Waals surface area contributed by atoms with Gasteiger partial charge < -0.3 is 15.2 Å². The first-order chi connectivity index (χ1) is 12.7. The summed E-state index contributed by atoms with van der Waals surface area (Å²) in [6, 6.07) is 5.78. The molecule has 1 atom stereocenters. The van der Waals surface area contributed by atoms with Crippen LogP contribution in [0.5, 0.6) is 5.75 Å². The summed E-state index contributed by atoms with van der Waals surface area (Å²) in [5, 5.41) is 0. The van der Waals surface area contributed by atoms with Crippen LogP contribution in [0, 0.1) is 0 Å². The maximum absolute atomic E-state index is 12.0. The van der Waals surface area contributed by atoms with E-state index >= 15 is 0 Å². The van der Waals surface area contributed by atoms with Gasteiger partial charge in [0.2, 0.25) is 5.91 Å². The normalized spacial score (nSPS) is 12.5. The molecular formula is C22H35NO4. The van der Waals surface area contributed by atoms with Gasteiger partial charge in [0, 0.05) is 0 Å². The Morgan fingerprint density at radius 3 is 2.37 bits per heavy atom. The van der Waals surface area contributed by atoms with Gasteiger partial charge in [-0.2, -0.15) is 0 Å². The Balaban J connectivity index is 3.07. The molecule has 0 saturated heterocycles. The maximum Gasteiger partial charge on any atom is 0.344 e. The van der Waals surface area contributed by atoms with Crippen molar-refractivity contribution in [1.29, 1.82) is 0 Å². The monoisotopic (exact) mass is 377 g/mol. The standard InChI is InChI=1S/C22H35NO4/c1-6-8-9-10-11-17(21(23)25)16-12-13-18(22(3,4)5)19(14-16)27-15-20(24)26-7-2/h12-14,17H,6-11,15H2,1-5H3,(H2,23,25). The third kappa shape index (κ3) is 7.61. The van der Waals surface area contributed by atoms with Gasteiger partial charge in [-0.3, -0.25) is 4.79 Å². The van der Waals surface area contributed by atoms with E-state index in [1.54, 1.807) is 6.92 Å². The van der Waals surface area contributed by atoms with Crippen LogP contribution in [0.3, 0.4) is 0 Å². The second-order valence-corrected chi connectivity index (χ2v) is 7.90. The second-order valence-electron chi connectivity index (χ2n) is 7.90. The highest BCUT2D eigenvalue weighted by Gasteiger charge is 2.24. The zero-order valence-electron chi connectivity index (χ0n) is 17.5. The van der Waals surface area contributed by atoms with Crippen molar-refractivity contribution in [3.05, 3.63) is 29.3 Å². The molecule has 0 aliphatic rings. The molecule has 27 heavy (non-hydrogen) atoms. The van der Waals surface area contributed by atoms with Crippen LogP contribution in [0.2, 0.25) is 0 Å². The number of amides is 1. The molecule has 0 spiro atoms. The van der Waals surface area contributed by atoms with Crippen LogP contribution in [0.1, 0.15) is 83.8 Å². The van der Waals surface area contributed by atoms with Crippen LogP contribution in [-0.4, -0.2) is 25.1 Å². The number of rotatable bonds is 11. The number of carbonyl (C=O) groups is 2. The van der Waals surface area contributed by atoms with E-state index in [4.69, 9.17) is 15.2 Å². The summed E-state index contributed by atoms with van der Waals surface area (Å²) < 4.78 is 10.7. The van der Waals surface area contributed by atoms with Crippen molar-refractivity contribution in [3.8, 4) is 5.75 Å². The number of unbranched alkanes of at least 4 members (excludes halogenated alkanes) is 3. The molecule has 0 heterocycles. The summed E-state index contributed by atoms with van der Waals surface area (Å²) in [6.45, 7) is 10.3. The van der Waals surface area contributed by atoms with Gasteiger partial charge >= 0.3 is 5.97 Å². The zero-order chi connectivity index (χ0) is 20.4. The fraction of sp³-hybridized carbons (Fsp3) is 0.636. The topological polar surface area (TPSA) is 78.6 Å². The fourth-order valence-corrected chi connectivity index (χ4v) is 3.08. The van der Waals surface area contributed by atoms with Crippen LogP contribution < -0.4 is 10.5 Å². The zero-order valence-corrected chi connectivity index (χ0v) is 17.5. The van der Waals surface area contributed by atoms with Gasteiger partial charge in [-0.1, -0.05) is 65.5 Å². The van der Waals surface area contributed by atoms with E-state index in [9.17, 15) is 9.59 Å². The van der Waals surface area contributed by atoms with Crippen LogP contribution in [0.15, 0.2) is 18.2 Å². The van der Waals surface area contributed by atoms with Gasteiger partial charge in [0.25, 0.3) is 0 Å². The number of ether oxygens (including phenoxy) is 2. The van der Waals surface area contributed by atoms with Gasteiger partial charge in [-0.15, -0.1) is 0 Å². The first-order valence-corrected chi connectivity index (χ1v) is 9.92. The van der Waals surface area contributed by atoms with Crippen molar-refractivity contribution < 1.29 is 19.1 Å². The first kappa shape index (κ1) is 23.0. The molecule has 0 aromatic heterocycles. The van der Waals surface area contributed by atoms with Crippen molar-refractivity contribution in [2.24, 2.45) is 5.73 Å². The van der Waals surface area contributed by atoms with Gasteiger partial charge in [-0.25, -0.2) is 4.79 Å². The Labute approximate surface area is 163 Å². The lowest BCUT2D eigenvalue weighted by atomic mass is 9.83. The number of hydrogen-bond acceptors (Lipinski definition) is 4. The average molecular weight is 378 g/mol. The molecule has 1 aromatic rings. The highest BCUT2D eigenvalue weighted by molar-refractivity contribution is 5.82. The predicted octanol–water partition coefficient (Wildman–Crippen LogP) is 4.47. The summed E-state index contributed by atoms with van der Waals surface area (Å²) in [4.78, 5) is 23.7. The SMILES string of the molecule is CCCCCCC(C(N)=O)c1ccc(C(C)(C)C)c(OCC(=O)OCC)c1. The van der Waals surface area contributed by atoms with E-state index in [0.717, 1.165) is 43.2 Å². The van der Waals surface area contributed by atoms with Crippen LogP contribution in [0.25, 0.3) is 0 Å². The Hall–Kier alpha value is -2.04. The number of nitrogens with two attached hydrogens (primary N) is 1. The van der Waals surface area contributed by atoms with Gasteiger partial charge in [0.1, 0.15) is 5.75 Å². The molecule has 5 heteroatoms. The number of carbonyl (C=O) groups excluding carboxylic acids is 2. The fourth-order valence-electron chi connectivity index (χ4n) is 3.08. The number of benzene rings is 1. The van der Waals surface area contributed by atoms with Crippen molar-refractivity contribution in [2.75, 3.05) is 13.2 Å². The van der Waals surface area contributed by atoms with Crippen LogP contribution in [-0.2, 0) is 19.7 Å². The molecular weight excluding hydrogens is 342 g/mol. The molecule has 0 fully saturated rings. The lowest BCUT2D eigenvalue weighted by Crippen LogP contribution is -2.23. The van der Waals surface area contributed by atoms with E-state index in [0.29, 0.717) is 12.4 Å². The molecule has 0 aliphatic heterocycles. The highest BCUT2D eigenvalue weighted by atomic mass is 16.6. The van der Waals surface area contributed by atoms with Crippen molar-refractivity contribution >= 4 is 11.9 Å². The average Bonchev–Trinajstić information content (AvgIpc) is 2.59. The summed E-state index contributed by atoms with van der Waals surface area (Å²) in [7, 11) is 0. The van der Waals surface area contributed by atoms with E-state index in [1.165, 1.54) is 0 Å². The number of primary amides is 1. The number of esters is 1.